The maximum atomic E-state index is 12.6. The van der Waals surface area contributed by atoms with Crippen LogP contribution in [-0.2, 0) is 14.3 Å². The summed E-state index contributed by atoms with van der Waals surface area (Å²) in [6, 6.07) is 11.4. The molecule has 8 heteroatoms. The molecule has 2 aromatic rings. The largest absolute Gasteiger partial charge is 0.449 e. The van der Waals surface area contributed by atoms with E-state index < -0.39 is 29.8 Å². The molecular formula is C23H24N2O6. The first-order valence-electron chi connectivity index (χ1n) is 9.90. The average Bonchev–Trinajstić information content (AvgIpc) is 2.99. The first-order chi connectivity index (χ1) is 14.8. The van der Waals surface area contributed by atoms with Crippen molar-refractivity contribution >= 4 is 29.4 Å². The molecule has 0 radical (unpaired) electrons. The fourth-order valence-electron chi connectivity index (χ4n) is 3.22. The Bertz CT molecular complexity index is 1030. The van der Waals surface area contributed by atoms with Gasteiger partial charge in [0.1, 0.15) is 0 Å². The van der Waals surface area contributed by atoms with Crippen LogP contribution in [0.15, 0.2) is 42.5 Å². The summed E-state index contributed by atoms with van der Waals surface area (Å²) in [5.41, 5.74) is 1.99. The summed E-state index contributed by atoms with van der Waals surface area (Å²) >= 11 is 0. The minimum atomic E-state index is -1.05. The third kappa shape index (κ3) is 4.80. The number of benzene rings is 2. The van der Waals surface area contributed by atoms with Crippen LogP contribution in [0.25, 0.3) is 0 Å². The number of fused-ring (bicyclic) bond motifs is 1. The van der Waals surface area contributed by atoms with Gasteiger partial charge in [-0.3, -0.25) is 19.3 Å². The molecule has 1 N–H and O–H groups in total. The molecule has 1 aliphatic rings. The number of amides is 3. The van der Waals surface area contributed by atoms with Gasteiger partial charge in [0.25, 0.3) is 17.7 Å². The quantitative estimate of drug-likeness (QED) is 0.397. The van der Waals surface area contributed by atoms with Crippen LogP contribution in [-0.4, -0.2) is 55.0 Å². The second kappa shape index (κ2) is 9.53. The number of para-hydroxylation sites is 1. The van der Waals surface area contributed by atoms with E-state index in [9.17, 15) is 19.2 Å². The fourth-order valence-corrected chi connectivity index (χ4v) is 3.22. The van der Waals surface area contributed by atoms with Crippen molar-refractivity contribution in [3.63, 3.8) is 0 Å². The van der Waals surface area contributed by atoms with Crippen molar-refractivity contribution in [3.05, 3.63) is 64.7 Å². The van der Waals surface area contributed by atoms with Crippen LogP contribution in [0.2, 0.25) is 0 Å². The molecule has 0 saturated carbocycles. The molecule has 31 heavy (non-hydrogen) atoms. The molecule has 0 aromatic heterocycles. The Labute approximate surface area is 180 Å². The van der Waals surface area contributed by atoms with E-state index in [1.165, 1.54) is 25.1 Å². The van der Waals surface area contributed by atoms with E-state index in [4.69, 9.17) is 9.47 Å². The molecule has 0 fully saturated rings. The summed E-state index contributed by atoms with van der Waals surface area (Å²) in [6.07, 6.45) is -0.534. The lowest BCUT2D eigenvalue weighted by molar-refractivity contribution is -0.123. The summed E-state index contributed by atoms with van der Waals surface area (Å²) in [4.78, 5) is 51.1. The van der Waals surface area contributed by atoms with Crippen LogP contribution in [0.5, 0.6) is 0 Å². The van der Waals surface area contributed by atoms with Gasteiger partial charge in [0.05, 0.1) is 16.7 Å². The van der Waals surface area contributed by atoms with Gasteiger partial charge in [-0.2, -0.15) is 0 Å². The Morgan fingerprint density at radius 2 is 1.77 bits per heavy atom. The Kier molecular flexibility index (Phi) is 6.81. The summed E-state index contributed by atoms with van der Waals surface area (Å²) in [5, 5.41) is 2.72. The van der Waals surface area contributed by atoms with E-state index in [0.29, 0.717) is 18.7 Å². The molecule has 1 atom stereocenters. The minimum absolute atomic E-state index is 0.0918. The number of nitrogens with one attached hydrogen (secondary N) is 1. The predicted molar refractivity (Wildman–Crippen MR) is 113 cm³/mol. The maximum Gasteiger partial charge on any atom is 0.338 e. The first kappa shape index (κ1) is 22.2. The zero-order valence-electron chi connectivity index (χ0n) is 17.6. The zero-order chi connectivity index (χ0) is 22.5. The van der Waals surface area contributed by atoms with E-state index >= 15 is 0 Å². The average molecular weight is 424 g/mol. The molecule has 8 nitrogen and oxygen atoms in total. The number of hydrogen-bond donors (Lipinski definition) is 1. The molecule has 1 heterocycles. The second-order valence-electron chi connectivity index (χ2n) is 7.22. The number of anilines is 1. The minimum Gasteiger partial charge on any atom is -0.449 e. The van der Waals surface area contributed by atoms with Crippen molar-refractivity contribution in [3.8, 4) is 0 Å². The van der Waals surface area contributed by atoms with Crippen molar-refractivity contribution in [2.75, 3.05) is 25.6 Å². The Morgan fingerprint density at radius 3 is 2.48 bits per heavy atom. The lowest BCUT2D eigenvalue weighted by Gasteiger charge is -2.15. The fraction of sp³-hybridized carbons (Fsp3) is 0.304. The first-order valence-corrected chi connectivity index (χ1v) is 9.90. The molecule has 2 aromatic carbocycles. The number of ether oxygens (including phenoxy) is 2. The van der Waals surface area contributed by atoms with E-state index in [2.05, 4.69) is 5.32 Å². The van der Waals surface area contributed by atoms with Gasteiger partial charge in [-0.05, 0) is 50.1 Å². The lowest BCUT2D eigenvalue weighted by atomic mass is 10.1. The highest BCUT2D eigenvalue weighted by atomic mass is 16.5. The smallest absolute Gasteiger partial charge is 0.338 e. The molecular weight excluding hydrogens is 400 g/mol. The maximum absolute atomic E-state index is 12.6. The van der Waals surface area contributed by atoms with Crippen LogP contribution in [0.1, 0.15) is 50.0 Å². The van der Waals surface area contributed by atoms with Crippen molar-refractivity contribution in [2.45, 2.75) is 26.4 Å². The van der Waals surface area contributed by atoms with Crippen molar-refractivity contribution in [1.82, 2.24) is 4.90 Å². The van der Waals surface area contributed by atoms with Gasteiger partial charge in [-0.1, -0.05) is 18.2 Å². The molecule has 0 aliphatic carbocycles. The summed E-state index contributed by atoms with van der Waals surface area (Å²) in [7, 11) is 1.54. The number of nitrogens with zero attached hydrogens (tertiary/aromatic N) is 1. The number of esters is 1. The van der Waals surface area contributed by atoms with Crippen LogP contribution in [0.4, 0.5) is 5.69 Å². The zero-order valence-corrected chi connectivity index (χ0v) is 17.6. The van der Waals surface area contributed by atoms with E-state index in [1.54, 1.807) is 19.2 Å². The molecule has 0 unspecified atom stereocenters. The van der Waals surface area contributed by atoms with Crippen molar-refractivity contribution < 1.29 is 28.7 Å². The number of aryl methyl sites for hydroxylation is 1. The number of carbonyl (C=O) groups excluding carboxylic acids is 4. The predicted octanol–water partition coefficient (Wildman–Crippen LogP) is 2.81. The number of carbonyl (C=O) groups is 4. The third-order valence-corrected chi connectivity index (χ3v) is 4.99. The Hall–Kier alpha value is -3.52. The summed E-state index contributed by atoms with van der Waals surface area (Å²) in [5.74, 6) is -2.09. The normalized spacial score (nSPS) is 13.7. The van der Waals surface area contributed by atoms with Gasteiger partial charge < -0.3 is 14.8 Å². The Morgan fingerprint density at radius 1 is 1.06 bits per heavy atom. The van der Waals surface area contributed by atoms with E-state index in [-0.39, 0.29) is 23.2 Å². The number of methoxy groups -OCH3 is 1. The topological polar surface area (TPSA) is 102 Å². The van der Waals surface area contributed by atoms with Crippen molar-refractivity contribution in [1.29, 1.82) is 0 Å². The van der Waals surface area contributed by atoms with Gasteiger partial charge in [0.15, 0.2) is 6.10 Å². The summed E-state index contributed by atoms with van der Waals surface area (Å²) < 4.78 is 10.2. The standard InChI is InChI=1S/C23H24N2O6/c1-14-7-4-5-8-19(14)24-20(26)15(2)31-23(29)16-9-10-17-18(13-16)22(28)25(21(17)27)11-6-12-30-3/h4-5,7-10,13,15H,6,11-12H2,1-3H3,(H,24,26)/t15-/m1/s1. The Balaban J connectivity index is 1.67. The van der Waals surface area contributed by atoms with Gasteiger partial charge in [0, 0.05) is 25.9 Å². The van der Waals surface area contributed by atoms with Gasteiger partial charge in [-0.25, -0.2) is 4.79 Å². The highest BCUT2D eigenvalue weighted by Gasteiger charge is 2.35. The number of imide groups is 1. The van der Waals surface area contributed by atoms with Crippen LogP contribution < -0.4 is 5.32 Å². The summed E-state index contributed by atoms with van der Waals surface area (Å²) in [6.45, 7) is 3.97. The molecule has 162 valence electrons. The number of hydrogen-bond acceptors (Lipinski definition) is 6. The second-order valence-corrected chi connectivity index (χ2v) is 7.22. The monoisotopic (exact) mass is 424 g/mol. The van der Waals surface area contributed by atoms with Crippen LogP contribution in [0, 0.1) is 6.92 Å². The van der Waals surface area contributed by atoms with E-state index in [1.807, 2.05) is 19.1 Å². The number of rotatable bonds is 8. The molecule has 3 rings (SSSR count). The van der Waals surface area contributed by atoms with Gasteiger partial charge in [-0.15, -0.1) is 0 Å². The highest BCUT2D eigenvalue weighted by Crippen LogP contribution is 2.25. The third-order valence-electron chi connectivity index (χ3n) is 4.99. The van der Waals surface area contributed by atoms with Crippen molar-refractivity contribution in [2.24, 2.45) is 0 Å². The van der Waals surface area contributed by atoms with E-state index in [0.717, 1.165) is 10.5 Å². The highest BCUT2D eigenvalue weighted by molar-refractivity contribution is 6.22. The molecule has 0 spiro atoms. The molecule has 0 saturated heterocycles. The van der Waals surface area contributed by atoms with Gasteiger partial charge in [0.2, 0.25) is 0 Å². The van der Waals surface area contributed by atoms with Crippen LogP contribution in [0.3, 0.4) is 0 Å². The molecule has 3 amide bonds. The van der Waals surface area contributed by atoms with Crippen LogP contribution >= 0.6 is 0 Å². The lowest BCUT2D eigenvalue weighted by Crippen LogP contribution is -2.31. The SMILES string of the molecule is COCCCN1C(=O)c2ccc(C(=O)O[C@H](C)C(=O)Nc3ccccc3C)cc2C1=O. The van der Waals surface area contributed by atoms with Gasteiger partial charge >= 0.3 is 5.97 Å². The molecule has 0 bridgehead atoms. The molecule has 1 aliphatic heterocycles.